The lowest BCUT2D eigenvalue weighted by molar-refractivity contribution is -0.125. The van der Waals surface area contributed by atoms with Crippen LogP contribution >= 0.6 is 0 Å². The van der Waals surface area contributed by atoms with Gasteiger partial charge >= 0.3 is 5.97 Å². The number of carboxylic acids is 1. The van der Waals surface area contributed by atoms with E-state index in [1.165, 1.54) is 17.7 Å². The minimum absolute atomic E-state index is 0.00523. The van der Waals surface area contributed by atoms with E-state index in [2.05, 4.69) is 36.5 Å². The van der Waals surface area contributed by atoms with Crippen molar-refractivity contribution in [2.45, 2.75) is 71.4 Å². The van der Waals surface area contributed by atoms with Crippen molar-refractivity contribution in [1.82, 2.24) is 5.32 Å². The predicted molar refractivity (Wildman–Crippen MR) is 141 cm³/mol. The maximum absolute atomic E-state index is 12.2. The zero-order valence-corrected chi connectivity index (χ0v) is 22.0. The minimum Gasteiger partial charge on any atom is -0.478 e. The van der Waals surface area contributed by atoms with Crippen molar-refractivity contribution in [3.8, 4) is 0 Å². The summed E-state index contributed by atoms with van der Waals surface area (Å²) in [4.78, 5) is 28.5. The molecule has 1 amide bonds. The fourth-order valence-corrected chi connectivity index (χ4v) is 7.69. The van der Waals surface area contributed by atoms with Crippen LogP contribution in [0.15, 0.2) is 53.2 Å². The van der Waals surface area contributed by atoms with Crippen molar-refractivity contribution in [3.63, 3.8) is 0 Å². The second-order valence-corrected chi connectivity index (χ2v) is 12.0. The average molecular weight is 507 g/mol. The van der Waals surface area contributed by atoms with Crippen LogP contribution < -0.4 is 5.32 Å². The van der Waals surface area contributed by atoms with Crippen LogP contribution in [0.25, 0.3) is 0 Å². The zero-order valence-electron chi connectivity index (χ0n) is 22.0. The van der Waals surface area contributed by atoms with Gasteiger partial charge in [-0.15, -0.1) is 0 Å². The van der Waals surface area contributed by atoms with Crippen LogP contribution in [0.4, 0.5) is 0 Å². The Morgan fingerprint density at radius 3 is 2.54 bits per heavy atom. The van der Waals surface area contributed by atoms with Gasteiger partial charge in [-0.3, -0.25) is 4.79 Å². The molecule has 3 N–H and O–H groups in total. The van der Waals surface area contributed by atoms with E-state index in [0.29, 0.717) is 24.3 Å². The number of amides is 1. The number of hydrogen-bond donors (Lipinski definition) is 3. The first-order chi connectivity index (χ1) is 17.5. The lowest BCUT2D eigenvalue weighted by Crippen LogP contribution is -2.53. The number of aliphatic hydroxyl groups is 1. The molecule has 37 heavy (non-hydrogen) atoms. The molecule has 5 rings (SSSR count). The lowest BCUT2D eigenvalue weighted by Gasteiger charge is -2.58. The smallest absolute Gasteiger partial charge is 0.335 e. The monoisotopic (exact) mass is 506 g/mol. The average Bonchev–Trinajstić information content (AvgIpc) is 3.11. The predicted octanol–water partition coefficient (Wildman–Crippen LogP) is 4.86. The third-order valence-corrected chi connectivity index (χ3v) is 10.2. The van der Waals surface area contributed by atoms with Crippen LogP contribution in [-0.4, -0.2) is 40.0 Å². The van der Waals surface area contributed by atoms with E-state index in [1.807, 2.05) is 13.0 Å². The summed E-state index contributed by atoms with van der Waals surface area (Å²) in [6.45, 7) is 6.83. The van der Waals surface area contributed by atoms with Gasteiger partial charge in [-0.1, -0.05) is 42.8 Å². The van der Waals surface area contributed by atoms with E-state index in [0.717, 1.165) is 49.8 Å². The second kappa shape index (κ2) is 9.43. The molecule has 0 heterocycles. The number of carbonyl (C=O) groups excluding carboxylic acids is 1. The number of carboxylic acid groups (broad SMARTS) is 1. The molecule has 7 heteroatoms. The Balaban J connectivity index is 1.17. The Morgan fingerprint density at radius 1 is 1.08 bits per heavy atom. The number of fused-ring (bicyclic) bond motifs is 5. The Bertz CT molecular complexity index is 1170. The number of aromatic carboxylic acids is 1. The van der Waals surface area contributed by atoms with Gasteiger partial charge in [0.15, 0.2) is 6.61 Å². The summed E-state index contributed by atoms with van der Waals surface area (Å²) in [5, 5.41) is 27.1. The maximum Gasteiger partial charge on any atom is 0.335 e. The molecule has 3 fully saturated rings. The molecule has 1 aromatic carbocycles. The van der Waals surface area contributed by atoms with Gasteiger partial charge in [-0.05, 0) is 98.5 Å². The molecule has 0 aromatic heterocycles. The van der Waals surface area contributed by atoms with E-state index < -0.39 is 11.6 Å². The van der Waals surface area contributed by atoms with Crippen molar-refractivity contribution in [1.29, 1.82) is 0 Å². The summed E-state index contributed by atoms with van der Waals surface area (Å²) in [5.74, 6) is 0.530. The Hall–Kier alpha value is -2.93. The first-order valence-electron chi connectivity index (χ1n) is 13.4. The summed E-state index contributed by atoms with van der Waals surface area (Å²) in [6.07, 6.45) is 12.9. The number of oxime groups is 1. The lowest BCUT2D eigenvalue weighted by atomic mass is 9.47. The molecule has 7 nitrogen and oxygen atoms in total. The van der Waals surface area contributed by atoms with Crippen LogP contribution in [-0.2, 0) is 16.2 Å². The molecule has 0 aliphatic heterocycles. The number of carbonyl (C=O) groups is 2. The molecule has 3 saturated carbocycles. The van der Waals surface area contributed by atoms with E-state index in [4.69, 9.17) is 9.94 Å². The summed E-state index contributed by atoms with van der Waals surface area (Å²) in [5.41, 5.74) is 2.61. The quantitative estimate of drug-likeness (QED) is 0.478. The van der Waals surface area contributed by atoms with Gasteiger partial charge in [0.2, 0.25) is 0 Å². The van der Waals surface area contributed by atoms with Crippen LogP contribution in [0.2, 0.25) is 0 Å². The fourth-order valence-electron chi connectivity index (χ4n) is 7.69. The van der Waals surface area contributed by atoms with Crippen LogP contribution in [0.3, 0.4) is 0 Å². The summed E-state index contributed by atoms with van der Waals surface area (Å²) >= 11 is 0. The molecule has 198 valence electrons. The highest BCUT2D eigenvalue weighted by molar-refractivity contribution is 6.05. The Morgan fingerprint density at radius 2 is 1.81 bits per heavy atom. The molecular weight excluding hydrogens is 468 g/mol. The highest BCUT2D eigenvalue weighted by Gasteiger charge is 2.61. The van der Waals surface area contributed by atoms with Crippen molar-refractivity contribution in [2.75, 3.05) is 6.61 Å². The first-order valence-corrected chi connectivity index (χ1v) is 13.4. The number of rotatable bonds is 6. The van der Waals surface area contributed by atoms with Crippen molar-refractivity contribution >= 4 is 17.6 Å². The minimum atomic E-state index is -0.979. The normalized spacial score (nSPS) is 37.2. The summed E-state index contributed by atoms with van der Waals surface area (Å²) in [7, 11) is 0. The highest BCUT2D eigenvalue weighted by atomic mass is 16.6. The van der Waals surface area contributed by atoms with Gasteiger partial charge in [0.05, 0.1) is 11.2 Å². The second-order valence-electron chi connectivity index (χ2n) is 12.0. The molecule has 0 bridgehead atoms. The topological polar surface area (TPSA) is 108 Å². The largest absolute Gasteiger partial charge is 0.478 e. The third-order valence-electron chi connectivity index (χ3n) is 10.2. The van der Waals surface area contributed by atoms with Crippen molar-refractivity contribution in [3.05, 3.63) is 59.2 Å². The van der Waals surface area contributed by atoms with Gasteiger partial charge in [0, 0.05) is 12.0 Å². The number of nitrogens with zero attached hydrogens (tertiary/aromatic N) is 1. The molecule has 0 radical (unpaired) electrons. The van der Waals surface area contributed by atoms with Gasteiger partial charge < -0.3 is 20.4 Å². The molecule has 4 aliphatic carbocycles. The number of nitrogens with one attached hydrogen (secondary N) is 1. The van der Waals surface area contributed by atoms with E-state index in [-0.39, 0.29) is 28.9 Å². The summed E-state index contributed by atoms with van der Waals surface area (Å²) in [6, 6.07) is 6.38. The molecule has 0 spiro atoms. The molecule has 3 unspecified atom stereocenters. The van der Waals surface area contributed by atoms with Gasteiger partial charge in [0.1, 0.15) is 5.71 Å². The van der Waals surface area contributed by atoms with Gasteiger partial charge in [-0.2, -0.15) is 0 Å². The number of benzene rings is 1. The van der Waals surface area contributed by atoms with Crippen LogP contribution in [0, 0.1) is 28.6 Å². The standard InChI is InChI=1S/C30H38N2O5/c1-28-13-10-22(32-37-18-26(33)31-17-19-4-6-20(7-5-19)27(34)35)16-21(28)8-9-23-24(28)11-14-29(2)25(23)12-15-30(29,3)36/h4-7,10,13,16,23-25,36H,8-9,11-12,14-15,17-18H2,1-3H3,(H,31,33)(H,34,35)/b32-22+/t23?,24?,25?,28-,29-,30-/m0/s1. The third kappa shape index (κ3) is 4.52. The van der Waals surface area contributed by atoms with E-state index in [1.54, 1.807) is 12.1 Å². The van der Waals surface area contributed by atoms with Gasteiger partial charge in [0.25, 0.3) is 5.91 Å². The SMILES string of the molecule is C[C@]12C=C/C(=N\OCC(=O)NCc3ccc(C(=O)O)cc3)C=C1CCC1C2CC[C@@]2(C)C1CC[C@]2(C)O. The molecular formula is C30H38N2O5. The first kappa shape index (κ1) is 25.7. The van der Waals surface area contributed by atoms with E-state index in [9.17, 15) is 14.7 Å². The summed E-state index contributed by atoms with van der Waals surface area (Å²) < 4.78 is 0. The molecule has 6 atom stereocenters. The fraction of sp³-hybridized carbons (Fsp3) is 0.567. The maximum atomic E-state index is 12.2. The highest BCUT2D eigenvalue weighted by Crippen LogP contribution is 2.66. The number of allylic oxidation sites excluding steroid dienone is 4. The van der Waals surface area contributed by atoms with Gasteiger partial charge in [-0.25, -0.2) is 4.79 Å². The van der Waals surface area contributed by atoms with Crippen LogP contribution in [0.5, 0.6) is 0 Å². The van der Waals surface area contributed by atoms with Crippen LogP contribution in [0.1, 0.15) is 75.2 Å². The Kier molecular flexibility index (Phi) is 6.55. The van der Waals surface area contributed by atoms with Crippen molar-refractivity contribution < 1.29 is 24.6 Å². The zero-order chi connectivity index (χ0) is 26.4. The molecule has 1 aromatic rings. The Labute approximate surface area is 218 Å². The molecule has 4 aliphatic rings. The van der Waals surface area contributed by atoms with E-state index >= 15 is 0 Å². The number of hydrogen-bond acceptors (Lipinski definition) is 5. The molecule has 0 saturated heterocycles. The van der Waals surface area contributed by atoms with Crippen molar-refractivity contribution in [2.24, 2.45) is 33.7 Å².